The third-order valence-corrected chi connectivity index (χ3v) is 6.27. The molecule has 0 radical (unpaired) electrons. The van der Waals surface area contributed by atoms with E-state index >= 15 is 0 Å². The number of hydrogen-bond donors (Lipinski definition) is 1. The predicted molar refractivity (Wildman–Crippen MR) is 79.4 cm³/mol. The van der Waals surface area contributed by atoms with Crippen molar-refractivity contribution in [3.05, 3.63) is 29.0 Å². The van der Waals surface area contributed by atoms with Crippen molar-refractivity contribution < 1.29 is 4.21 Å². The van der Waals surface area contributed by atoms with Gasteiger partial charge in [0.25, 0.3) is 0 Å². The van der Waals surface area contributed by atoms with Gasteiger partial charge in [-0.1, -0.05) is 36.3 Å². The van der Waals surface area contributed by atoms with Crippen LogP contribution in [0.15, 0.2) is 18.3 Å². The number of rotatable bonds is 2. The van der Waals surface area contributed by atoms with Gasteiger partial charge >= 0.3 is 0 Å². The first-order valence-corrected chi connectivity index (χ1v) is 7.94. The smallest absolute Gasteiger partial charge is 0.129 e. The summed E-state index contributed by atoms with van der Waals surface area (Å²) in [4.78, 5) is 4.72. The lowest BCUT2D eigenvalue weighted by atomic mass is 9.93. The van der Waals surface area contributed by atoms with Crippen LogP contribution in [0.1, 0.15) is 24.8 Å². The number of aromatic nitrogens is 1. The Morgan fingerprint density at radius 3 is 2.89 bits per heavy atom. The Morgan fingerprint density at radius 1 is 1.56 bits per heavy atom. The molecule has 0 amide bonds. The lowest BCUT2D eigenvalue weighted by Crippen LogP contribution is -2.48. The number of halogens is 1. The molecular formula is C12H15ClN2OS2. The third-order valence-electron chi connectivity index (χ3n) is 3.28. The first-order valence-electron chi connectivity index (χ1n) is 5.84. The first-order chi connectivity index (χ1) is 8.61. The molecule has 0 aliphatic carbocycles. The van der Waals surface area contributed by atoms with Crippen LogP contribution >= 0.6 is 23.8 Å². The fourth-order valence-electron chi connectivity index (χ4n) is 2.34. The van der Waals surface area contributed by atoms with Crippen molar-refractivity contribution in [2.45, 2.75) is 24.0 Å². The zero-order valence-electron chi connectivity index (χ0n) is 10.1. The van der Waals surface area contributed by atoms with Crippen molar-refractivity contribution in [3.8, 4) is 0 Å². The minimum Gasteiger partial charge on any atom is -0.381 e. The van der Waals surface area contributed by atoms with Gasteiger partial charge in [0.15, 0.2) is 0 Å². The van der Waals surface area contributed by atoms with Gasteiger partial charge in [-0.05, 0) is 24.5 Å². The van der Waals surface area contributed by atoms with Gasteiger partial charge in [0.05, 0.1) is 4.99 Å². The third kappa shape index (κ3) is 2.31. The Morgan fingerprint density at radius 2 is 2.33 bits per heavy atom. The normalized spacial score (nSPS) is 27.8. The number of nitrogens with zero attached hydrogens (tertiary/aromatic N) is 1. The summed E-state index contributed by atoms with van der Waals surface area (Å²) in [5.74, 6) is 0.685. The number of likely N-dealkylation sites (N-methyl/N-ethyl adjacent to an activating group) is 1. The molecule has 2 heterocycles. The van der Waals surface area contributed by atoms with Gasteiger partial charge in [-0.15, -0.1) is 0 Å². The van der Waals surface area contributed by atoms with Gasteiger partial charge in [-0.25, -0.2) is 4.98 Å². The second-order valence-corrected chi connectivity index (χ2v) is 6.87. The molecular weight excluding hydrogens is 288 g/mol. The maximum Gasteiger partial charge on any atom is 0.129 e. The summed E-state index contributed by atoms with van der Waals surface area (Å²) < 4.78 is 11.9. The average Bonchev–Trinajstić information content (AvgIpc) is 2.40. The largest absolute Gasteiger partial charge is 0.381 e. The van der Waals surface area contributed by atoms with Gasteiger partial charge in [0.1, 0.15) is 9.90 Å². The molecule has 1 aliphatic heterocycles. The molecule has 2 rings (SSSR count). The fraction of sp³-hybridized carbons (Fsp3) is 0.500. The summed E-state index contributed by atoms with van der Waals surface area (Å²) in [6, 6.07) is 3.60. The van der Waals surface area contributed by atoms with Crippen molar-refractivity contribution in [1.29, 1.82) is 0 Å². The Balaban J connectivity index is 2.51. The minimum atomic E-state index is -1.01. The lowest BCUT2D eigenvalue weighted by molar-refractivity contribution is 0.573. The van der Waals surface area contributed by atoms with Crippen LogP contribution in [0.25, 0.3) is 0 Å². The van der Waals surface area contributed by atoms with Gasteiger partial charge in [-0.3, -0.25) is 4.21 Å². The SMILES string of the molecule is CNC(=S)[C@]1(c2ccc(Cl)nc2)CCCCS1=O. The predicted octanol–water partition coefficient (Wildman–Crippen LogP) is 2.41. The summed E-state index contributed by atoms with van der Waals surface area (Å²) in [7, 11) is 0.766. The summed E-state index contributed by atoms with van der Waals surface area (Å²) in [5, 5.41) is 3.43. The highest BCUT2D eigenvalue weighted by atomic mass is 35.5. The fourth-order valence-corrected chi connectivity index (χ4v) is 4.83. The maximum atomic E-state index is 12.5. The Kier molecular flexibility index (Phi) is 4.35. The zero-order valence-corrected chi connectivity index (χ0v) is 12.5. The van der Waals surface area contributed by atoms with E-state index in [-0.39, 0.29) is 0 Å². The molecule has 0 saturated carbocycles. The van der Waals surface area contributed by atoms with Gasteiger partial charge in [0, 0.05) is 29.8 Å². The molecule has 98 valence electrons. The molecule has 1 N–H and O–H groups in total. The molecule has 1 aromatic rings. The molecule has 1 fully saturated rings. The second kappa shape index (κ2) is 5.63. The molecule has 18 heavy (non-hydrogen) atoms. The standard InChI is InChI=1S/C12H15ClN2OS2/c1-14-11(17)12(6-2-3-7-18(12)16)9-4-5-10(13)15-8-9/h4-5,8H,2-3,6-7H2,1H3,(H,14,17)/t12-,18?/m1/s1. The summed E-state index contributed by atoms with van der Waals surface area (Å²) in [5.41, 5.74) is 0.893. The lowest BCUT2D eigenvalue weighted by Gasteiger charge is -2.36. The molecule has 2 atom stereocenters. The van der Waals surface area contributed by atoms with Gasteiger partial charge < -0.3 is 5.32 Å². The van der Waals surface area contributed by atoms with E-state index in [1.165, 1.54) is 0 Å². The van der Waals surface area contributed by atoms with Gasteiger partial charge in [0.2, 0.25) is 0 Å². The van der Waals surface area contributed by atoms with Crippen LogP contribution in [0, 0.1) is 0 Å². The van der Waals surface area contributed by atoms with Crippen LogP contribution in [0.3, 0.4) is 0 Å². The maximum absolute atomic E-state index is 12.5. The van der Waals surface area contributed by atoms with Crippen molar-refractivity contribution in [2.75, 3.05) is 12.8 Å². The molecule has 0 spiro atoms. The molecule has 0 bridgehead atoms. The highest BCUT2D eigenvalue weighted by Crippen LogP contribution is 2.38. The van der Waals surface area contributed by atoms with Crippen LogP contribution in [0.5, 0.6) is 0 Å². The van der Waals surface area contributed by atoms with E-state index < -0.39 is 15.5 Å². The first kappa shape index (κ1) is 13.9. The van der Waals surface area contributed by atoms with Crippen LogP contribution in [0.2, 0.25) is 5.15 Å². The summed E-state index contributed by atoms with van der Waals surface area (Å²) >= 11 is 11.2. The van der Waals surface area contributed by atoms with E-state index in [9.17, 15) is 4.21 Å². The Hall–Kier alpha value is -0.520. The van der Waals surface area contributed by atoms with Crippen molar-refractivity contribution >= 4 is 39.6 Å². The Labute approximate surface area is 120 Å². The van der Waals surface area contributed by atoms with E-state index in [0.717, 1.165) is 24.8 Å². The van der Waals surface area contributed by atoms with Crippen molar-refractivity contribution in [2.24, 2.45) is 0 Å². The number of nitrogens with one attached hydrogen (secondary N) is 1. The quantitative estimate of drug-likeness (QED) is 0.673. The second-order valence-electron chi connectivity index (χ2n) is 4.28. The Bertz CT molecular complexity index is 467. The molecule has 1 aromatic heterocycles. The van der Waals surface area contributed by atoms with Crippen LogP contribution in [0.4, 0.5) is 0 Å². The number of thiocarbonyl (C=S) groups is 1. The van der Waals surface area contributed by atoms with E-state index in [4.69, 9.17) is 23.8 Å². The van der Waals surface area contributed by atoms with Crippen LogP contribution < -0.4 is 5.32 Å². The molecule has 1 aliphatic rings. The van der Waals surface area contributed by atoms with E-state index in [2.05, 4.69) is 10.3 Å². The average molecular weight is 303 g/mol. The molecule has 1 saturated heterocycles. The van der Waals surface area contributed by atoms with Gasteiger partial charge in [-0.2, -0.15) is 0 Å². The molecule has 1 unspecified atom stereocenters. The number of pyridine rings is 1. The molecule has 6 heteroatoms. The monoisotopic (exact) mass is 302 g/mol. The highest BCUT2D eigenvalue weighted by molar-refractivity contribution is 7.90. The molecule has 0 aromatic carbocycles. The van der Waals surface area contributed by atoms with Crippen LogP contribution in [-0.2, 0) is 15.5 Å². The van der Waals surface area contributed by atoms with Crippen molar-refractivity contribution in [3.63, 3.8) is 0 Å². The molecule has 3 nitrogen and oxygen atoms in total. The minimum absolute atomic E-state index is 0.436. The van der Waals surface area contributed by atoms with Crippen LogP contribution in [-0.4, -0.2) is 27.0 Å². The highest BCUT2D eigenvalue weighted by Gasteiger charge is 2.44. The zero-order chi connectivity index (χ0) is 13.2. The van der Waals surface area contributed by atoms with Crippen molar-refractivity contribution in [1.82, 2.24) is 10.3 Å². The van der Waals surface area contributed by atoms with E-state index in [0.29, 0.717) is 15.9 Å². The summed E-state index contributed by atoms with van der Waals surface area (Å²) in [6.07, 6.45) is 4.50. The van der Waals surface area contributed by atoms with E-state index in [1.807, 2.05) is 6.07 Å². The van der Waals surface area contributed by atoms with E-state index in [1.54, 1.807) is 19.3 Å². The topological polar surface area (TPSA) is 42.0 Å². The number of hydrogen-bond acceptors (Lipinski definition) is 3. The summed E-state index contributed by atoms with van der Waals surface area (Å²) in [6.45, 7) is 0.